The van der Waals surface area contributed by atoms with Gasteiger partial charge in [0.15, 0.2) is 0 Å². The minimum Gasteiger partial charge on any atom is -0.465 e. The summed E-state index contributed by atoms with van der Waals surface area (Å²) in [6.45, 7) is 6.92. The van der Waals surface area contributed by atoms with E-state index in [-0.39, 0.29) is 11.4 Å². The van der Waals surface area contributed by atoms with Crippen LogP contribution in [0.5, 0.6) is 0 Å². The third-order valence-electron chi connectivity index (χ3n) is 3.35. The molecule has 0 aromatic carbocycles. The molecule has 0 unspecified atom stereocenters. The first-order valence-electron chi connectivity index (χ1n) is 6.24. The van der Waals surface area contributed by atoms with Crippen molar-refractivity contribution >= 4 is 5.97 Å². The van der Waals surface area contributed by atoms with E-state index in [9.17, 15) is 4.79 Å². The molecule has 4 nitrogen and oxygen atoms in total. The first-order valence-corrected chi connectivity index (χ1v) is 6.24. The highest BCUT2D eigenvalue weighted by Crippen LogP contribution is 2.47. The fourth-order valence-corrected chi connectivity index (χ4v) is 2.11. The third-order valence-corrected chi connectivity index (χ3v) is 3.35. The molecule has 0 amide bonds. The molecule has 1 aliphatic heterocycles. The first kappa shape index (κ1) is 11.9. The molecule has 1 heterocycles. The van der Waals surface area contributed by atoms with Gasteiger partial charge in [0.1, 0.15) is 0 Å². The van der Waals surface area contributed by atoms with Crippen molar-refractivity contribution in [3.05, 3.63) is 0 Å². The Morgan fingerprint density at radius 3 is 2.62 bits per heavy atom. The maximum absolute atomic E-state index is 11.9. The van der Waals surface area contributed by atoms with Crippen molar-refractivity contribution in [1.82, 2.24) is 4.90 Å². The van der Waals surface area contributed by atoms with Gasteiger partial charge in [-0.15, -0.1) is 0 Å². The van der Waals surface area contributed by atoms with Crippen LogP contribution in [0.2, 0.25) is 0 Å². The van der Waals surface area contributed by atoms with Gasteiger partial charge in [0.25, 0.3) is 0 Å². The minimum absolute atomic E-state index is 0.0147. The summed E-state index contributed by atoms with van der Waals surface area (Å²) in [7, 11) is 0. The molecule has 0 radical (unpaired) electrons. The van der Waals surface area contributed by atoms with Gasteiger partial charge in [-0.1, -0.05) is 6.92 Å². The Hall–Kier alpha value is -0.610. The van der Waals surface area contributed by atoms with E-state index in [1.54, 1.807) is 0 Å². The molecule has 0 bridgehead atoms. The predicted molar refractivity (Wildman–Crippen MR) is 60.2 cm³/mol. The van der Waals surface area contributed by atoms with Crippen molar-refractivity contribution in [3.63, 3.8) is 0 Å². The molecule has 0 aromatic heterocycles. The van der Waals surface area contributed by atoms with E-state index in [4.69, 9.17) is 9.47 Å². The normalized spacial score (nSPS) is 24.1. The molecule has 0 atom stereocenters. The van der Waals surface area contributed by atoms with E-state index < -0.39 is 0 Å². The molecule has 1 saturated carbocycles. The summed E-state index contributed by atoms with van der Waals surface area (Å²) in [5.41, 5.74) is -0.174. The lowest BCUT2D eigenvalue weighted by Gasteiger charge is -2.29. The molecular formula is C12H21NO3. The quantitative estimate of drug-likeness (QED) is 0.658. The second kappa shape index (κ2) is 5.15. The SMILES string of the molecule is CCCOC(=O)C1(CN2CCOCC2)CC1. The minimum atomic E-state index is -0.174. The fraction of sp³-hybridized carbons (Fsp3) is 0.917. The molecule has 0 N–H and O–H groups in total. The van der Waals surface area contributed by atoms with E-state index in [2.05, 4.69) is 4.90 Å². The molecule has 1 saturated heterocycles. The zero-order chi connectivity index (χ0) is 11.4. The highest BCUT2D eigenvalue weighted by Gasteiger charge is 2.52. The molecule has 2 rings (SSSR count). The number of hydrogen-bond acceptors (Lipinski definition) is 4. The van der Waals surface area contributed by atoms with Crippen molar-refractivity contribution < 1.29 is 14.3 Å². The number of esters is 1. The zero-order valence-electron chi connectivity index (χ0n) is 10.0. The molecule has 2 aliphatic rings. The molecular weight excluding hydrogens is 206 g/mol. The number of morpholine rings is 1. The summed E-state index contributed by atoms with van der Waals surface area (Å²) in [5.74, 6) is 0.0147. The van der Waals surface area contributed by atoms with Gasteiger partial charge in [-0.25, -0.2) is 0 Å². The summed E-state index contributed by atoms with van der Waals surface area (Å²) < 4.78 is 10.6. The van der Waals surface area contributed by atoms with Crippen LogP contribution in [0.25, 0.3) is 0 Å². The van der Waals surface area contributed by atoms with Crippen molar-refractivity contribution in [1.29, 1.82) is 0 Å². The lowest BCUT2D eigenvalue weighted by atomic mass is 10.1. The molecule has 1 aliphatic carbocycles. The summed E-state index contributed by atoms with van der Waals surface area (Å²) in [6.07, 6.45) is 2.89. The summed E-state index contributed by atoms with van der Waals surface area (Å²) in [4.78, 5) is 14.2. The second-order valence-electron chi connectivity index (χ2n) is 4.80. The number of hydrogen-bond donors (Lipinski definition) is 0. The Bertz CT molecular complexity index is 245. The molecule has 0 spiro atoms. The van der Waals surface area contributed by atoms with E-state index in [1.807, 2.05) is 6.92 Å². The van der Waals surface area contributed by atoms with Gasteiger partial charge in [0.2, 0.25) is 0 Å². The van der Waals surface area contributed by atoms with Crippen LogP contribution in [0.4, 0.5) is 0 Å². The van der Waals surface area contributed by atoms with Gasteiger partial charge in [-0.05, 0) is 19.3 Å². The van der Waals surface area contributed by atoms with Crippen LogP contribution >= 0.6 is 0 Å². The standard InChI is InChI=1S/C12H21NO3/c1-2-7-16-11(14)12(3-4-12)10-13-5-8-15-9-6-13/h2-10H2,1H3. The Balaban J connectivity index is 1.80. The number of carbonyl (C=O) groups is 1. The van der Waals surface area contributed by atoms with Gasteiger partial charge >= 0.3 is 5.97 Å². The highest BCUT2D eigenvalue weighted by molar-refractivity contribution is 5.80. The zero-order valence-corrected chi connectivity index (χ0v) is 10.0. The smallest absolute Gasteiger partial charge is 0.313 e. The van der Waals surface area contributed by atoms with Crippen LogP contribution in [0, 0.1) is 5.41 Å². The van der Waals surface area contributed by atoms with Gasteiger partial charge in [0.05, 0.1) is 25.2 Å². The average Bonchev–Trinajstić information content (AvgIpc) is 3.08. The molecule has 0 aromatic rings. The Morgan fingerprint density at radius 1 is 1.38 bits per heavy atom. The van der Waals surface area contributed by atoms with Crippen LogP contribution in [0.15, 0.2) is 0 Å². The molecule has 2 fully saturated rings. The first-order chi connectivity index (χ1) is 7.77. The van der Waals surface area contributed by atoms with E-state index in [0.717, 1.165) is 52.1 Å². The number of carbonyl (C=O) groups excluding carboxylic acids is 1. The van der Waals surface area contributed by atoms with Crippen molar-refractivity contribution in [3.8, 4) is 0 Å². The van der Waals surface area contributed by atoms with Gasteiger partial charge in [-0.2, -0.15) is 0 Å². The maximum Gasteiger partial charge on any atom is 0.313 e. The van der Waals surface area contributed by atoms with Crippen LogP contribution in [-0.4, -0.2) is 50.3 Å². The van der Waals surface area contributed by atoms with Crippen molar-refractivity contribution in [2.75, 3.05) is 39.5 Å². The lowest BCUT2D eigenvalue weighted by Crippen LogP contribution is -2.42. The number of rotatable bonds is 5. The lowest BCUT2D eigenvalue weighted by molar-refractivity contribution is -0.151. The Kier molecular flexibility index (Phi) is 3.82. The van der Waals surface area contributed by atoms with E-state index in [0.29, 0.717) is 6.61 Å². The predicted octanol–water partition coefficient (Wildman–Crippen LogP) is 1.05. The molecule has 16 heavy (non-hydrogen) atoms. The summed E-state index contributed by atoms with van der Waals surface area (Å²) in [6, 6.07) is 0. The van der Waals surface area contributed by atoms with Gasteiger partial charge in [0, 0.05) is 19.6 Å². The van der Waals surface area contributed by atoms with E-state index >= 15 is 0 Å². The molecule has 92 valence electrons. The second-order valence-corrected chi connectivity index (χ2v) is 4.80. The highest BCUT2D eigenvalue weighted by atomic mass is 16.5. The number of nitrogens with zero attached hydrogens (tertiary/aromatic N) is 1. The van der Waals surface area contributed by atoms with Crippen LogP contribution in [0.1, 0.15) is 26.2 Å². The van der Waals surface area contributed by atoms with Crippen LogP contribution in [0.3, 0.4) is 0 Å². The van der Waals surface area contributed by atoms with Crippen LogP contribution < -0.4 is 0 Å². The van der Waals surface area contributed by atoms with Gasteiger partial charge in [-0.3, -0.25) is 9.69 Å². The fourth-order valence-electron chi connectivity index (χ4n) is 2.11. The maximum atomic E-state index is 11.9. The van der Waals surface area contributed by atoms with E-state index in [1.165, 1.54) is 0 Å². The average molecular weight is 227 g/mol. The Morgan fingerprint density at radius 2 is 2.06 bits per heavy atom. The number of ether oxygens (including phenoxy) is 2. The topological polar surface area (TPSA) is 38.8 Å². The monoisotopic (exact) mass is 227 g/mol. The third kappa shape index (κ3) is 2.74. The van der Waals surface area contributed by atoms with Crippen molar-refractivity contribution in [2.24, 2.45) is 5.41 Å². The summed E-state index contributed by atoms with van der Waals surface area (Å²) in [5, 5.41) is 0. The van der Waals surface area contributed by atoms with Crippen LogP contribution in [-0.2, 0) is 14.3 Å². The largest absolute Gasteiger partial charge is 0.465 e. The summed E-state index contributed by atoms with van der Waals surface area (Å²) >= 11 is 0. The molecule has 4 heteroatoms. The van der Waals surface area contributed by atoms with Gasteiger partial charge < -0.3 is 9.47 Å². The van der Waals surface area contributed by atoms with Crippen molar-refractivity contribution in [2.45, 2.75) is 26.2 Å². The Labute approximate surface area is 96.9 Å².